The van der Waals surface area contributed by atoms with E-state index in [0.717, 1.165) is 0 Å². The number of carbonyl (C=O) groups excluding carboxylic acids is 3. The molecule has 1 atom stereocenters. The molecule has 162 valence electrons. The minimum absolute atomic E-state index is 0.0989. The second-order valence-corrected chi connectivity index (χ2v) is 7.23. The highest BCUT2D eigenvalue weighted by atomic mass is 16.6. The number of nitrogens with zero attached hydrogens (tertiary/aromatic N) is 1. The molecule has 9 nitrogen and oxygen atoms in total. The Balaban J connectivity index is 1.28. The molecule has 2 N–H and O–H groups in total. The summed E-state index contributed by atoms with van der Waals surface area (Å²) < 4.78 is 16.1. The molecule has 2 aromatic carbocycles. The van der Waals surface area contributed by atoms with Gasteiger partial charge in [0.15, 0.2) is 11.5 Å². The van der Waals surface area contributed by atoms with Crippen molar-refractivity contribution in [2.75, 3.05) is 43.6 Å². The van der Waals surface area contributed by atoms with Crippen molar-refractivity contribution < 1.29 is 28.6 Å². The zero-order valence-electron chi connectivity index (χ0n) is 17.1. The number of fused-ring (bicyclic) bond motifs is 1. The first-order chi connectivity index (χ1) is 15.0. The monoisotopic (exact) mass is 425 g/mol. The van der Waals surface area contributed by atoms with E-state index in [4.69, 9.17) is 14.2 Å². The van der Waals surface area contributed by atoms with Gasteiger partial charge in [0.2, 0.25) is 17.7 Å². The van der Waals surface area contributed by atoms with E-state index in [1.54, 1.807) is 54.5 Å². The van der Waals surface area contributed by atoms with Gasteiger partial charge in [0.05, 0.1) is 19.6 Å². The van der Waals surface area contributed by atoms with Gasteiger partial charge < -0.3 is 29.7 Å². The van der Waals surface area contributed by atoms with Crippen molar-refractivity contribution in [2.24, 2.45) is 5.92 Å². The fourth-order valence-electron chi connectivity index (χ4n) is 3.53. The summed E-state index contributed by atoms with van der Waals surface area (Å²) in [6, 6.07) is 12.2. The van der Waals surface area contributed by atoms with Crippen molar-refractivity contribution in [3.05, 3.63) is 42.5 Å². The molecule has 2 heterocycles. The Morgan fingerprint density at radius 2 is 1.84 bits per heavy atom. The second kappa shape index (κ2) is 8.95. The van der Waals surface area contributed by atoms with Crippen LogP contribution in [-0.4, -0.2) is 51.1 Å². The van der Waals surface area contributed by atoms with Gasteiger partial charge in [-0.2, -0.15) is 0 Å². The quantitative estimate of drug-likeness (QED) is 0.728. The van der Waals surface area contributed by atoms with Crippen LogP contribution < -0.4 is 29.7 Å². The van der Waals surface area contributed by atoms with Crippen molar-refractivity contribution in [2.45, 2.75) is 6.42 Å². The van der Waals surface area contributed by atoms with E-state index >= 15 is 0 Å². The van der Waals surface area contributed by atoms with Crippen LogP contribution in [0, 0.1) is 5.92 Å². The maximum atomic E-state index is 12.5. The average molecular weight is 425 g/mol. The van der Waals surface area contributed by atoms with Crippen molar-refractivity contribution in [1.82, 2.24) is 5.32 Å². The maximum Gasteiger partial charge on any atom is 0.243 e. The third-order valence-electron chi connectivity index (χ3n) is 5.13. The topological polar surface area (TPSA) is 106 Å². The molecule has 2 aromatic rings. The number of rotatable bonds is 6. The fraction of sp³-hybridized carbons (Fsp3) is 0.318. The Kier molecular flexibility index (Phi) is 5.92. The van der Waals surface area contributed by atoms with Crippen molar-refractivity contribution in [1.29, 1.82) is 0 Å². The summed E-state index contributed by atoms with van der Waals surface area (Å²) in [7, 11) is 1.57. The SMILES string of the molecule is COc1ccc(N2CC(C(=O)NCC(=O)Nc3ccc4c(c3)OCCO4)CC2=O)cc1. The van der Waals surface area contributed by atoms with Crippen LogP contribution in [0.15, 0.2) is 42.5 Å². The molecule has 31 heavy (non-hydrogen) atoms. The van der Waals surface area contributed by atoms with E-state index in [2.05, 4.69) is 10.6 Å². The largest absolute Gasteiger partial charge is 0.497 e. The van der Waals surface area contributed by atoms with Gasteiger partial charge in [0, 0.05) is 30.4 Å². The Morgan fingerprint density at radius 1 is 1.10 bits per heavy atom. The van der Waals surface area contributed by atoms with Gasteiger partial charge in [-0.1, -0.05) is 0 Å². The first-order valence-electron chi connectivity index (χ1n) is 9.95. The predicted octanol–water partition coefficient (Wildman–Crippen LogP) is 1.57. The van der Waals surface area contributed by atoms with Gasteiger partial charge in [-0.15, -0.1) is 0 Å². The predicted molar refractivity (Wildman–Crippen MR) is 113 cm³/mol. The summed E-state index contributed by atoms with van der Waals surface area (Å²) in [5.74, 6) is 0.528. The Labute approximate surface area is 179 Å². The first kappa shape index (κ1) is 20.5. The van der Waals surface area contributed by atoms with E-state index in [9.17, 15) is 14.4 Å². The number of anilines is 2. The number of carbonyl (C=O) groups is 3. The lowest BCUT2D eigenvalue weighted by molar-refractivity contribution is -0.127. The molecule has 1 unspecified atom stereocenters. The number of hydrogen-bond acceptors (Lipinski definition) is 6. The Morgan fingerprint density at radius 3 is 2.58 bits per heavy atom. The van der Waals surface area contributed by atoms with Gasteiger partial charge in [0.25, 0.3) is 0 Å². The molecule has 1 fully saturated rings. The highest BCUT2D eigenvalue weighted by Gasteiger charge is 2.35. The molecule has 9 heteroatoms. The van der Waals surface area contributed by atoms with Crippen LogP contribution in [0.2, 0.25) is 0 Å². The third-order valence-corrected chi connectivity index (χ3v) is 5.13. The zero-order valence-corrected chi connectivity index (χ0v) is 17.1. The molecule has 0 bridgehead atoms. The van der Waals surface area contributed by atoms with E-state index < -0.39 is 5.92 Å². The fourth-order valence-corrected chi connectivity index (χ4v) is 3.53. The summed E-state index contributed by atoms with van der Waals surface area (Å²) in [4.78, 5) is 38.6. The lowest BCUT2D eigenvalue weighted by atomic mass is 10.1. The van der Waals surface area contributed by atoms with Crippen molar-refractivity contribution >= 4 is 29.1 Å². The summed E-state index contributed by atoms with van der Waals surface area (Å²) in [6.45, 7) is 1.01. The molecule has 0 saturated carbocycles. The molecule has 4 rings (SSSR count). The smallest absolute Gasteiger partial charge is 0.243 e. The normalized spacial score (nSPS) is 17.3. The lowest BCUT2D eigenvalue weighted by Crippen LogP contribution is -2.37. The highest BCUT2D eigenvalue weighted by molar-refractivity contribution is 6.01. The van der Waals surface area contributed by atoms with E-state index in [0.29, 0.717) is 41.8 Å². The molecule has 0 radical (unpaired) electrons. The standard InChI is InChI=1S/C22H23N3O6/c1-29-17-5-3-16(4-6-17)25-13-14(10-21(25)27)22(28)23-12-20(26)24-15-2-7-18-19(11-15)31-9-8-30-18/h2-7,11,14H,8-10,12-13H2,1H3,(H,23,28)(H,24,26). The van der Waals surface area contributed by atoms with Crippen LogP contribution in [-0.2, 0) is 14.4 Å². The van der Waals surface area contributed by atoms with Gasteiger partial charge in [0.1, 0.15) is 19.0 Å². The first-order valence-corrected chi connectivity index (χ1v) is 9.95. The van der Waals surface area contributed by atoms with Crippen molar-refractivity contribution in [3.63, 3.8) is 0 Å². The lowest BCUT2D eigenvalue weighted by Gasteiger charge is -2.19. The number of methoxy groups -OCH3 is 1. The number of hydrogen-bond donors (Lipinski definition) is 2. The second-order valence-electron chi connectivity index (χ2n) is 7.23. The summed E-state index contributed by atoms with van der Waals surface area (Å²) >= 11 is 0. The number of nitrogens with one attached hydrogen (secondary N) is 2. The van der Waals surface area contributed by atoms with E-state index in [-0.39, 0.29) is 37.2 Å². The molecule has 0 aromatic heterocycles. The van der Waals surface area contributed by atoms with E-state index in [1.807, 2.05) is 0 Å². The zero-order chi connectivity index (χ0) is 21.8. The highest BCUT2D eigenvalue weighted by Crippen LogP contribution is 2.32. The van der Waals surface area contributed by atoms with E-state index in [1.165, 1.54) is 0 Å². The minimum atomic E-state index is -0.517. The van der Waals surface area contributed by atoms with Crippen LogP contribution >= 0.6 is 0 Å². The molecule has 3 amide bonds. The van der Waals surface area contributed by atoms with Crippen LogP contribution in [0.1, 0.15) is 6.42 Å². The number of ether oxygens (including phenoxy) is 3. The summed E-state index contributed by atoms with van der Waals surface area (Å²) in [6.07, 6.45) is 0.0989. The number of amides is 3. The minimum Gasteiger partial charge on any atom is -0.497 e. The van der Waals surface area contributed by atoms with Crippen LogP contribution in [0.3, 0.4) is 0 Å². The van der Waals surface area contributed by atoms with Gasteiger partial charge in [-0.25, -0.2) is 0 Å². The third kappa shape index (κ3) is 4.71. The van der Waals surface area contributed by atoms with Gasteiger partial charge in [-0.05, 0) is 36.4 Å². The Bertz CT molecular complexity index is 991. The maximum absolute atomic E-state index is 12.5. The summed E-state index contributed by atoms with van der Waals surface area (Å²) in [5.41, 5.74) is 1.25. The molecule has 1 saturated heterocycles. The van der Waals surface area contributed by atoms with Crippen LogP contribution in [0.5, 0.6) is 17.2 Å². The van der Waals surface area contributed by atoms with Crippen molar-refractivity contribution in [3.8, 4) is 17.2 Å². The molecular weight excluding hydrogens is 402 g/mol. The Hall–Kier alpha value is -3.75. The molecular formula is C22H23N3O6. The molecule has 0 aliphatic carbocycles. The molecule has 0 spiro atoms. The number of benzene rings is 2. The van der Waals surface area contributed by atoms with Crippen LogP contribution in [0.25, 0.3) is 0 Å². The van der Waals surface area contributed by atoms with Crippen LogP contribution in [0.4, 0.5) is 11.4 Å². The summed E-state index contributed by atoms with van der Waals surface area (Å²) in [5, 5.41) is 5.33. The van der Waals surface area contributed by atoms with Gasteiger partial charge >= 0.3 is 0 Å². The van der Waals surface area contributed by atoms with Gasteiger partial charge in [-0.3, -0.25) is 14.4 Å². The molecule has 2 aliphatic rings. The average Bonchev–Trinajstić information content (AvgIpc) is 3.19. The molecule has 2 aliphatic heterocycles.